The van der Waals surface area contributed by atoms with E-state index in [2.05, 4.69) is 10.1 Å². The van der Waals surface area contributed by atoms with Crippen molar-refractivity contribution in [3.05, 3.63) is 23.1 Å². The van der Waals surface area contributed by atoms with E-state index < -0.39 is 0 Å². The summed E-state index contributed by atoms with van der Waals surface area (Å²) in [5.41, 5.74) is 0.977. The van der Waals surface area contributed by atoms with Gasteiger partial charge in [-0.05, 0) is 23.4 Å². The molecular formula is C10H12N2O3. The first-order valence-corrected chi connectivity index (χ1v) is 4.80. The molecule has 0 bridgehead atoms. The number of benzene rings is 1. The molecule has 1 aliphatic rings. The zero-order valence-corrected chi connectivity index (χ0v) is 8.22. The molecule has 1 fully saturated rings. The number of aromatic hydroxyl groups is 1. The third kappa shape index (κ3) is 2.07. The molecule has 1 heterocycles. The van der Waals surface area contributed by atoms with Crippen LogP contribution in [0.25, 0.3) is 0 Å². The highest BCUT2D eigenvalue weighted by Gasteiger charge is 2.12. The fourth-order valence-corrected chi connectivity index (χ4v) is 1.60. The Bertz CT molecular complexity index is 362. The van der Waals surface area contributed by atoms with E-state index in [0.717, 1.165) is 18.8 Å². The number of phenolic OH excluding ortho intramolecular Hbond substituents is 1. The van der Waals surface area contributed by atoms with Gasteiger partial charge in [0.15, 0.2) is 5.69 Å². The first-order chi connectivity index (χ1) is 7.31. The van der Waals surface area contributed by atoms with Crippen molar-refractivity contribution in [3.63, 3.8) is 0 Å². The Hall–Kier alpha value is -1.62. The van der Waals surface area contributed by atoms with E-state index in [1.54, 1.807) is 12.1 Å². The third-order valence-corrected chi connectivity index (χ3v) is 2.43. The first-order valence-electron chi connectivity index (χ1n) is 4.80. The lowest BCUT2D eigenvalue weighted by molar-refractivity contribution is 0.122. The lowest BCUT2D eigenvalue weighted by Gasteiger charge is -2.28. The van der Waals surface area contributed by atoms with Crippen LogP contribution in [0.4, 0.5) is 11.4 Å². The van der Waals surface area contributed by atoms with Gasteiger partial charge in [-0.2, -0.15) is 0 Å². The number of hydrogen-bond acceptors (Lipinski definition) is 5. The van der Waals surface area contributed by atoms with E-state index in [-0.39, 0.29) is 11.4 Å². The predicted molar refractivity (Wildman–Crippen MR) is 56.6 cm³/mol. The second-order valence-corrected chi connectivity index (χ2v) is 3.36. The van der Waals surface area contributed by atoms with Gasteiger partial charge >= 0.3 is 0 Å². The molecule has 15 heavy (non-hydrogen) atoms. The molecule has 2 rings (SSSR count). The number of phenols is 1. The molecule has 0 spiro atoms. The summed E-state index contributed by atoms with van der Waals surface area (Å²) in [6.07, 6.45) is 0. The number of anilines is 1. The summed E-state index contributed by atoms with van der Waals surface area (Å²) in [5.74, 6) is -0.0815. The van der Waals surface area contributed by atoms with Gasteiger partial charge in [-0.1, -0.05) is 0 Å². The van der Waals surface area contributed by atoms with Crippen LogP contribution in [0.2, 0.25) is 0 Å². The van der Waals surface area contributed by atoms with Gasteiger partial charge in [0.1, 0.15) is 5.75 Å². The maximum absolute atomic E-state index is 10.4. The summed E-state index contributed by atoms with van der Waals surface area (Å²) >= 11 is 0. The topological polar surface area (TPSA) is 62.1 Å². The minimum absolute atomic E-state index is 0.0815. The fourth-order valence-electron chi connectivity index (χ4n) is 1.60. The monoisotopic (exact) mass is 208 g/mol. The van der Waals surface area contributed by atoms with Crippen LogP contribution in [0.3, 0.4) is 0 Å². The van der Waals surface area contributed by atoms with Crippen LogP contribution < -0.4 is 4.90 Å². The smallest absolute Gasteiger partial charge is 0.151 e. The molecule has 1 N–H and O–H groups in total. The van der Waals surface area contributed by atoms with Gasteiger partial charge in [0.05, 0.1) is 13.2 Å². The zero-order valence-electron chi connectivity index (χ0n) is 8.22. The average molecular weight is 208 g/mol. The molecule has 5 heteroatoms. The molecule has 5 nitrogen and oxygen atoms in total. The molecule has 0 atom stereocenters. The number of nitrogens with zero attached hydrogens (tertiary/aromatic N) is 2. The lowest BCUT2D eigenvalue weighted by atomic mass is 10.2. The highest BCUT2D eigenvalue weighted by atomic mass is 16.5. The van der Waals surface area contributed by atoms with E-state index >= 15 is 0 Å². The molecular weight excluding hydrogens is 196 g/mol. The van der Waals surface area contributed by atoms with Crippen molar-refractivity contribution in [1.82, 2.24) is 0 Å². The van der Waals surface area contributed by atoms with Crippen molar-refractivity contribution >= 4 is 11.4 Å². The Kier molecular flexibility index (Phi) is 2.82. The van der Waals surface area contributed by atoms with Crippen LogP contribution in [-0.4, -0.2) is 31.4 Å². The van der Waals surface area contributed by atoms with Crippen LogP contribution in [0, 0.1) is 4.91 Å². The minimum atomic E-state index is -0.0815. The Morgan fingerprint density at radius 1 is 1.33 bits per heavy atom. The summed E-state index contributed by atoms with van der Waals surface area (Å²) < 4.78 is 5.23. The standard InChI is InChI=1S/C10H12N2O3/c13-10-2-1-8(7-9(10)11-14)12-3-5-15-6-4-12/h1-2,7,13H,3-6H2. The normalized spacial score (nSPS) is 16.4. The molecule has 1 aromatic rings. The van der Waals surface area contributed by atoms with Gasteiger partial charge in [-0.15, -0.1) is 4.91 Å². The molecule has 80 valence electrons. The highest BCUT2D eigenvalue weighted by Crippen LogP contribution is 2.30. The Labute approximate surface area is 87.2 Å². The predicted octanol–water partition coefficient (Wildman–Crippen LogP) is 1.63. The summed E-state index contributed by atoms with van der Waals surface area (Å²) in [6.45, 7) is 2.96. The van der Waals surface area contributed by atoms with Crippen molar-refractivity contribution in [2.24, 2.45) is 5.18 Å². The van der Waals surface area contributed by atoms with Gasteiger partial charge in [0.2, 0.25) is 0 Å². The molecule has 0 radical (unpaired) electrons. The van der Waals surface area contributed by atoms with E-state index in [0.29, 0.717) is 13.2 Å². The number of morpholine rings is 1. The van der Waals surface area contributed by atoms with Crippen LogP contribution in [0.15, 0.2) is 23.4 Å². The summed E-state index contributed by atoms with van der Waals surface area (Å²) in [5, 5.41) is 12.1. The summed E-state index contributed by atoms with van der Waals surface area (Å²) in [4.78, 5) is 12.5. The maximum atomic E-state index is 10.4. The van der Waals surface area contributed by atoms with Gasteiger partial charge in [0, 0.05) is 18.8 Å². The second-order valence-electron chi connectivity index (χ2n) is 3.36. The van der Waals surface area contributed by atoms with Crippen molar-refractivity contribution in [3.8, 4) is 5.75 Å². The van der Waals surface area contributed by atoms with Crippen LogP contribution in [0.5, 0.6) is 5.75 Å². The Morgan fingerprint density at radius 3 is 2.73 bits per heavy atom. The Morgan fingerprint density at radius 2 is 2.07 bits per heavy atom. The fraction of sp³-hybridized carbons (Fsp3) is 0.400. The molecule has 1 saturated heterocycles. The van der Waals surface area contributed by atoms with Gasteiger partial charge in [-0.3, -0.25) is 0 Å². The van der Waals surface area contributed by atoms with Crippen LogP contribution in [-0.2, 0) is 4.74 Å². The van der Waals surface area contributed by atoms with E-state index in [1.807, 2.05) is 0 Å². The minimum Gasteiger partial charge on any atom is -0.506 e. The van der Waals surface area contributed by atoms with E-state index in [1.165, 1.54) is 6.07 Å². The average Bonchev–Trinajstić information content (AvgIpc) is 2.31. The Balaban J connectivity index is 2.23. The lowest BCUT2D eigenvalue weighted by Crippen LogP contribution is -2.36. The van der Waals surface area contributed by atoms with Gasteiger partial charge in [-0.25, -0.2) is 0 Å². The van der Waals surface area contributed by atoms with Gasteiger partial charge in [0.25, 0.3) is 0 Å². The number of hydrogen-bond donors (Lipinski definition) is 1. The second kappa shape index (κ2) is 4.27. The third-order valence-electron chi connectivity index (χ3n) is 2.43. The summed E-state index contributed by atoms with van der Waals surface area (Å²) in [7, 11) is 0. The van der Waals surface area contributed by atoms with E-state index in [9.17, 15) is 10.0 Å². The number of rotatable bonds is 2. The molecule has 0 saturated carbocycles. The van der Waals surface area contributed by atoms with Crippen LogP contribution >= 0.6 is 0 Å². The van der Waals surface area contributed by atoms with Gasteiger partial charge < -0.3 is 14.7 Å². The largest absolute Gasteiger partial charge is 0.506 e. The van der Waals surface area contributed by atoms with Crippen molar-refractivity contribution < 1.29 is 9.84 Å². The number of ether oxygens (including phenoxy) is 1. The van der Waals surface area contributed by atoms with Crippen molar-refractivity contribution in [2.75, 3.05) is 31.2 Å². The summed E-state index contributed by atoms with van der Waals surface area (Å²) in [6, 6.07) is 4.85. The highest BCUT2D eigenvalue weighted by molar-refractivity contribution is 5.62. The quantitative estimate of drug-likeness (QED) is 0.750. The maximum Gasteiger partial charge on any atom is 0.151 e. The van der Waals surface area contributed by atoms with Crippen molar-refractivity contribution in [1.29, 1.82) is 0 Å². The SMILES string of the molecule is O=Nc1cc(N2CCOCC2)ccc1O. The molecule has 1 aliphatic heterocycles. The molecule has 0 amide bonds. The number of nitroso groups, excluding NO2 is 1. The molecule has 0 aliphatic carbocycles. The first kappa shape index (κ1) is 9.92. The van der Waals surface area contributed by atoms with Crippen LogP contribution in [0.1, 0.15) is 0 Å². The molecule has 0 aromatic heterocycles. The van der Waals surface area contributed by atoms with E-state index in [4.69, 9.17) is 4.74 Å². The zero-order chi connectivity index (χ0) is 10.7. The molecule has 0 unspecified atom stereocenters. The van der Waals surface area contributed by atoms with Crippen molar-refractivity contribution in [2.45, 2.75) is 0 Å². The molecule has 1 aromatic carbocycles.